The van der Waals surface area contributed by atoms with E-state index in [1.807, 2.05) is 18.7 Å². The summed E-state index contributed by atoms with van der Waals surface area (Å²) in [6.07, 6.45) is 3.47. The number of rotatable bonds is 6. The number of benzene rings is 1. The molecule has 0 bridgehead atoms. The lowest BCUT2D eigenvalue weighted by Crippen LogP contribution is -2.41. The lowest BCUT2D eigenvalue weighted by molar-refractivity contribution is -0.132. The van der Waals surface area contributed by atoms with E-state index < -0.39 is 16.1 Å². The van der Waals surface area contributed by atoms with Crippen LogP contribution in [0.1, 0.15) is 45.1 Å². The van der Waals surface area contributed by atoms with E-state index in [-0.39, 0.29) is 41.4 Å². The number of hydrogen-bond acceptors (Lipinski definition) is 5. The summed E-state index contributed by atoms with van der Waals surface area (Å²) in [5, 5.41) is 2.78. The lowest BCUT2D eigenvalue weighted by atomic mass is 10.0. The third kappa shape index (κ3) is 4.95. The largest absolute Gasteiger partial charge is 0.354 e. The second kappa shape index (κ2) is 8.94. The molecule has 0 aromatic heterocycles. The van der Waals surface area contributed by atoms with E-state index in [0.717, 1.165) is 32.4 Å². The highest BCUT2D eigenvalue weighted by Gasteiger charge is 2.32. The van der Waals surface area contributed by atoms with Crippen LogP contribution in [0.4, 0.5) is 0 Å². The van der Waals surface area contributed by atoms with Crippen LogP contribution in [0.25, 0.3) is 0 Å². The minimum atomic E-state index is -3.66. The van der Waals surface area contributed by atoms with Gasteiger partial charge in [-0.25, -0.2) is 8.42 Å². The van der Waals surface area contributed by atoms with Crippen LogP contribution in [0, 0.1) is 5.92 Å². The van der Waals surface area contributed by atoms with Gasteiger partial charge in [0.25, 0.3) is 10.0 Å². The summed E-state index contributed by atoms with van der Waals surface area (Å²) in [6.45, 7) is 5.51. The van der Waals surface area contributed by atoms with E-state index in [2.05, 4.69) is 15.0 Å². The molecule has 0 saturated carbocycles. The number of sulfonamides is 1. The van der Waals surface area contributed by atoms with Crippen LogP contribution in [-0.2, 0) is 19.6 Å². The van der Waals surface area contributed by atoms with Crippen molar-refractivity contribution in [2.75, 3.05) is 19.6 Å². The first kappa shape index (κ1) is 21.3. The number of fused-ring (bicyclic) bond motifs is 1. The van der Waals surface area contributed by atoms with Crippen LogP contribution in [0.5, 0.6) is 0 Å². The molecule has 158 valence electrons. The predicted octanol–water partition coefficient (Wildman–Crippen LogP) is 1.27. The molecule has 3 rings (SSSR count). The highest BCUT2D eigenvalue weighted by Crippen LogP contribution is 2.23. The van der Waals surface area contributed by atoms with Crippen molar-refractivity contribution in [3.63, 3.8) is 0 Å². The normalized spacial score (nSPS) is 20.2. The van der Waals surface area contributed by atoms with Gasteiger partial charge in [0, 0.05) is 31.6 Å². The van der Waals surface area contributed by atoms with E-state index in [1.165, 1.54) is 6.07 Å². The van der Waals surface area contributed by atoms with Gasteiger partial charge in [0.15, 0.2) is 0 Å². The third-order valence-electron chi connectivity index (χ3n) is 5.18. The Balaban J connectivity index is 1.65. The second-order valence-electron chi connectivity index (χ2n) is 7.75. The second-order valence-corrected chi connectivity index (χ2v) is 9.40. The molecule has 0 radical (unpaired) electrons. The molecule has 2 aliphatic heterocycles. The molecule has 1 saturated heterocycles. The molecule has 2 aliphatic rings. The van der Waals surface area contributed by atoms with Gasteiger partial charge in [0.2, 0.25) is 11.8 Å². The van der Waals surface area contributed by atoms with Crippen molar-refractivity contribution in [1.29, 1.82) is 0 Å². The average molecular weight is 421 g/mol. The maximum Gasteiger partial charge on any atom is 0.263 e. The fourth-order valence-electron chi connectivity index (χ4n) is 3.58. The maximum atomic E-state index is 12.7. The Kier molecular flexibility index (Phi) is 6.56. The predicted molar refractivity (Wildman–Crippen MR) is 110 cm³/mol. The fraction of sp³-hybridized carbons (Fsp3) is 0.550. The van der Waals surface area contributed by atoms with Gasteiger partial charge in [0.1, 0.15) is 11.9 Å². The minimum Gasteiger partial charge on any atom is -0.354 e. The van der Waals surface area contributed by atoms with Crippen LogP contribution in [-0.4, -0.2) is 56.6 Å². The van der Waals surface area contributed by atoms with Crippen molar-refractivity contribution < 1.29 is 18.0 Å². The average Bonchev–Trinajstić information content (AvgIpc) is 2.96. The molecule has 1 aromatic rings. The van der Waals surface area contributed by atoms with Gasteiger partial charge in [-0.15, -0.1) is 0 Å². The Morgan fingerprint density at radius 3 is 2.55 bits per heavy atom. The van der Waals surface area contributed by atoms with Crippen LogP contribution >= 0.6 is 0 Å². The van der Waals surface area contributed by atoms with Gasteiger partial charge in [-0.05, 0) is 37.3 Å². The van der Waals surface area contributed by atoms with Crippen LogP contribution in [0.3, 0.4) is 0 Å². The van der Waals surface area contributed by atoms with Crippen LogP contribution < -0.4 is 10.0 Å². The molecular weight excluding hydrogens is 392 g/mol. The van der Waals surface area contributed by atoms with Gasteiger partial charge in [-0.3, -0.25) is 19.3 Å². The number of hydrogen-bond donors (Lipinski definition) is 2. The van der Waals surface area contributed by atoms with Crippen molar-refractivity contribution >= 4 is 27.7 Å². The molecule has 2 amide bonds. The standard InChI is InChI=1S/C20H28N4O4S/c1-14(2)18(20(26)21-11-10-17(25)24-12-6-3-7-13-24)22-19-15-8-4-5-9-16(15)29(27,28)23-19/h4-5,8-9,14,18H,3,6-7,10-13H2,1-2H3,(H,21,26)(H,22,23)/t18-/m0/s1. The number of amidine groups is 1. The zero-order valence-electron chi connectivity index (χ0n) is 16.8. The fourth-order valence-corrected chi connectivity index (χ4v) is 4.82. The van der Waals surface area contributed by atoms with Gasteiger partial charge in [-0.2, -0.15) is 0 Å². The topological polar surface area (TPSA) is 108 Å². The summed E-state index contributed by atoms with van der Waals surface area (Å²) in [6, 6.07) is 5.79. The molecule has 0 aliphatic carbocycles. The first-order valence-electron chi connectivity index (χ1n) is 10.0. The molecular formula is C20H28N4O4S. The zero-order chi connectivity index (χ0) is 21.0. The van der Waals surface area contributed by atoms with Gasteiger partial charge in [-0.1, -0.05) is 26.0 Å². The van der Waals surface area contributed by atoms with E-state index >= 15 is 0 Å². The summed E-state index contributed by atoms with van der Waals surface area (Å²) < 4.78 is 26.9. The number of carbonyl (C=O) groups is 2. The molecule has 9 heteroatoms. The number of nitrogens with one attached hydrogen (secondary N) is 2. The molecule has 1 aromatic carbocycles. The number of amides is 2. The van der Waals surface area contributed by atoms with Gasteiger partial charge >= 0.3 is 0 Å². The first-order valence-corrected chi connectivity index (χ1v) is 11.5. The van der Waals surface area contributed by atoms with Crippen LogP contribution in [0.15, 0.2) is 34.2 Å². The summed E-state index contributed by atoms with van der Waals surface area (Å²) in [5.74, 6) is -0.228. The summed E-state index contributed by atoms with van der Waals surface area (Å²) in [4.78, 5) is 31.4. The highest BCUT2D eigenvalue weighted by molar-refractivity contribution is 7.90. The van der Waals surface area contributed by atoms with Gasteiger partial charge in [0.05, 0.1) is 4.90 Å². The maximum absolute atomic E-state index is 12.7. The van der Waals surface area contributed by atoms with Crippen molar-refractivity contribution in [2.45, 2.75) is 50.5 Å². The molecule has 1 atom stereocenters. The third-order valence-corrected chi connectivity index (χ3v) is 6.57. The number of aliphatic imine (C=N–C) groups is 1. The minimum absolute atomic E-state index is 0.0508. The Morgan fingerprint density at radius 1 is 1.17 bits per heavy atom. The van der Waals surface area contributed by atoms with E-state index in [9.17, 15) is 18.0 Å². The Morgan fingerprint density at radius 2 is 1.86 bits per heavy atom. The number of carbonyl (C=O) groups excluding carboxylic acids is 2. The SMILES string of the molecule is CC(C)[C@H](N=C1NS(=O)(=O)c2ccccc21)C(=O)NCCC(=O)N1CCCCC1. The lowest BCUT2D eigenvalue weighted by Gasteiger charge is -2.26. The molecule has 1 fully saturated rings. The highest BCUT2D eigenvalue weighted by atomic mass is 32.2. The van der Waals surface area contributed by atoms with Crippen molar-refractivity contribution in [1.82, 2.24) is 14.9 Å². The zero-order valence-corrected chi connectivity index (χ0v) is 17.7. The molecule has 2 heterocycles. The first-order chi connectivity index (χ1) is 13.8. The van der Waals surface area contributed by atoms with Crippen molar-refractivity contribution in [3.05, 3.63) is 29.8 Å². The number of nitrogens with zero attached hydrogens (tertiary/aromatic N) is 2. The number of piperidine rings is 1. The number of likely N-dealkylation sites (tertiary alicyclic amines) is 1. The molecule has 29 heavy (non-hydrogen) atoms. The monoisotopic (exact) mass is 420 g/mol. The van der Waals surface area contributed by atoms with Gasteiger partial charge < -0.3 is 10.2 Å². The Bertz CT molecular complexity index is 905. The summed E-state index contributed by atoms with van der Waals surface area (Å²) in [5.41, 5.74) is 0.464. The molecule has 0 unspecified atom stereocenters. The van der Waals surface area contributed by atoms with E-state index in [0.29, 0.717) is 5.56 Å². The molecule has 2 N–H and O–H groups in total. The Labute approximate surface area is 171 Å². The van der Waals surface area contributed by atoms with E-state index in [1.54, 1.807) is 18.2 Å². The smallest absolute Gasteiger partial charge is 0.263 e. The van der Waals surface area contributed by atoms with Crippen LogP contribution in [0.2, 0.25) is 0 Å². The Hall–Kier alpha value is -2.42. The molecule has 0 spiro atoms. The summed E-state index contributed by atoms with van der Waals surface area (Å²) in [7, 11) is -3.66. The van der Waals surface area contributed by atoms with Crippen molar-refractivity contribution in [2.24, 2.45) is 10.9 Å². The quantitative estimate of drug-likeness (QED) is 0.722. The molecule has 8 nitrogen and oxygen atoms in total. The summed E-state index contributed by atoms with van der Waals surface area (Å²) >= 11 is 0. The van der Waals surface area contributed by atoms with Crippen molar-refractivity contribution in [3.8, 4) is 0 Å². The van der Waals surface area contributed by atoms with E-state index in [4.69, 9.17) is 0 Å².